The number of hydrogen-bond donors (Lipinski definition) is 1. The summed E-state index contributed by atoms with van der Waals surface area (Å²) in [6, 6.07) is 0. The summed E-state index contributed by atoms with van der Waals surface area (Å²) < 4.78 is 5.30. The van der Waals surface area contributed by atoms with Gasteiger partial charge in [-0.15, -0.1) is 0 Å². The van der Waals surface area contributed by atoms with E-state index in [9.17, 15) is 4.79 Å². The van der Waals surface area contributed by atoms with Crippen LogP contribution in [0, 0.1) is 5.41 Å². The molecule has 102 valence electrons. The van der Waals surface area contributed by atoms with E-state index in [2.05, 4.69) is 39.9 Å². The van der Waals surface area contributed by atoms with E-state index in [4.69, 9.17) is 4.74 Å². The van der Waals surface area contributed by atoms with E-state index in [1.807, 2.05) is 20.8 Å². The van der Waals surface area contributed by atoms with E-state index in [1.54, 1.807) is 0 Å². The van der Waals surface area contributed by atoms with Crippen LogP contribution in [0.3, 0.4) is 0 Å². The molecule has 17 heavy (non-hydrogen) atoms. The van der Waals surface area contributed by atoms with Crippen LogP contribution in [-0.2, 0) is 4.74 Å². The van der Waals surface area contributed by atoms with Crippen LogP contribution >= 0.6 is 0 Å². The van der Waals surface area contributed by atoms with Gasteiger partial charge in [-0.2, -0.15) is 0 Å². The summed E-state index contributed by atoms with van der Waals surface area (Å²) in [5.74, 6) is 0. The van der Waals surface area contributed by atoms with Gasteiger partial charge in [0.15, 0.2) is 0 Å². The number of carbonyl (C=O) groups excluding carboxylic acids is 1. The zero-order chi connectivity index (χ0) is 13.9. The van der Waals surface area contributed by atoms with Crippen LogP contribution in [0.25, 0.3) is 0 Å². The van der Waals surface area contributed by atoms with E-state index in [0.29, 0.717) is 0 Å². The lowest BCUT2D eigenvalue weighted by Gasteiger charge is -2.36. The topological polar surface area (TPSA) is 38.3 Å². The lowest BCUT2D eigenvalue weighted by atomic mass is 9.79. The van der Waals surface area contributed by atoms with Crippen LogP contribution in [0.4, 0.5) is 4.79 Å². The van der Waals surface area contributed by atoms with Crippen molar-refractivity contribution in [3.8, 4) is 0 Å². The summed E-state index contributed by atoms with van der Waals surface area (Å²) in [6.45, 7) is 16.3. The molecular weight excluding hydrogens is 214 g/mol. The Balaban J connectivity index is 4.54. The number of alkyl carbamates (subject to hydrolysis) is 1. The van der Waals surface area contributed by atoms with E-state index in [0.717, 1.165) is 12.8 Å². The predicted octanol–water partition coefficient (Wildman–Crippen LogP) is 4.12. The van der Waals surface area contributed by atoms with Gasteiger partial charge in [-0.25, -0.2) is 4.79 Å². The molecule has 0 aromatic rings. The molecule has 1 atom stereocenters. The van der Waals surface area contributed by atoms with Crippen molar-refractivity contribution < 1.29 is 9.53 Å². The third-order valence-corrected chi connectivity index (χ3v) is 2.50. The molecule has 1 N–H and O–H groups in total. The minimum Gasteiger partial charge on any atom is -0.444 e. The Bertz CT molecular complexity index is 260. The molecule has 1 amide bonds. The van der Waals surface area contributed by atoms with Gasteiger partial charge in [0.25, 0.3) is 0 Å². The van der Waals surface area contributed by atoms with Crippen molar-refractivity contribution in [2.24, 2.45) is 5.41 Å². The van der Waals surface area contributed by atoms with Gasteiger partial charge in [-0.3, -0.25) is 0 Å². The molecule has 0 aliphatic heterocycles. The summed E-state index contributed by atoms with van der Waals surface area (Å²) in [6.07, 6.45) is 1.49. The van der Waals surface area contributed by atoms with E-state index in [1.165, 1.54) is 0 Å². The van der Waals surface area contributed by atoms with Crippen LogP contribution in [0.1, 0.15) is 68.2 Å². The molecule has 0 spiro atoms. The Labute approximate surface area is 106 Å². The molecule has 3 heteroatoms. The van der Waals surface area contributed by atoms with Crippen molar-refractivity contribution in [3.63, 3.8) is 0 Å². The van der Waals surface area contributed by atoms with Gasteiger partial charge in [0, 0.05) is 5.54 Å². The Morgan fingerprint density at radius 2 is 1.53 bits per heavy atom. The summed E-state index contributed by atoms with van der Waals surface area (Å²) in [7, 11) is 0. The van der Waals surface area contributed by atoms with Crippen molar-refractivity contribution in [1.82, 2.24) is 5.32 Å². The fourth-order valence-electron chi connectivity index (χ4n) is 1.98. The Morgan fingerprint density at radius 1 is 1.06 bits per heavy atom. The van der Waals surface area contributed by atoms with Crippen molar-refractivity contribution in [2.45, 2.75) is 79.4 Å². The van der Waals surface area contributed by atoms with Gasteiger partial charge in [0.1, 0.15) is 5.60 Å². The molecule has 0 bridgehead atoms. The Morgan fingerprint density at radius 3 is 1.82 bits per heavy atom. The van der Waals surface area contributed by atoms with E-state index < -0.39 is 5.60 Å². The molecule has 0 aliphatic rings. The van der Waals surface area contributed by atoms with Gasteiger partial charge in [-0.05, 0) is 46.0 Å². The van der Waals surface area contributed by atoms with Crippen LogP contribution in [0.15, 0.2) is 0 Å². The highest BCUT2D eigenvalue weighted by Gasteiger charge is 2.31. The van der Waals surface area contributed by atoms with Gasteiger partial charge in [0.05, 0.1) is 0 Å². The molecule has 0 fully saturated rings. The summed E-state index contributed by atoms with van der Waals surface area (Å²) in [5.41, 5.74) is -0.471. The molecule has 0 aliphatic carbocycles. The van der Waals surface area contributed by atoms with Crippen molar-refractivity contribution >= 4 is 6.09 Å². The van der Waals surface area contributed by atoms with Crippen molar-refractivity contribution in [1.29, 1.82) is 0 Å². The molecule has 0 heterocycles. The van der Waals surface area contributed by atoms with Gasteiger partial charge in [0.2, 0.25) is 0 Å². The standard InChI is InChI=1S/C14H29NO2/c1-9-14(8,10-12(2,3)4)15-11(16)17-13(5,6)7/h9-10H2,1-8H3,(H,15,16). The summed E-state index contributed by atoms with van der Waals surface area (Å²) in [4.78, 5) is 11.8. The summed E-state index contributed by atoms with van der Waals surface area (Å²) in [5, 5.41) is 3.00. The van der Waals surface area contributed by atoms with Crippen LogP contribution < -0.4 is 5.32 Å². The maximum Gasteiger partial charge on any atom is 0.408 e. The number of rotatable bonds is 3. The average molecular weight is 243 g/mol. The zero-order valence-electron chi connectivity index (χ0n) is 12.7. The molecule has 0 aromatic heterocycles. The number of hydrogen-bond acceptors (Lipinski definition) is 2. The third-order valence-electron chi connectivity index (χ3n) is 2.50. The number of ether oxygens (including phenoxy) is 1. The molecule has 0 aromatic carbocycles. The second-order valence-corrected chi connectivity index (χ2v) is 7.28. The van der Waals surface area contributed by atoms with Gasteiger partial charge in [-0.1, -0.05) is 27.7 Å². The molecular formula is C14H29NO2. The zero-order valence-corrected chi connectivity index (χ0v) is 12.7. The van der Waals surface area contributed by atoms with Gasteiger partial charge >= 0.3 is 6.09 Å². The minimum absolute atomic E-state index is 0.180. The van der Waals surface area contributed by atoms with E-state index in [-0.39, 0.29) is 17.0 Å². The SMILES string of the molecule is CCC(C)(CC(C)(C)C)NC(=O)OC(C)(C)C. The lowest BCUT2D eigenvalue weighted by Crippen LogP contribution is -2.49. The smallest absolute Gasteiger partial charge is 0.408 e. The van der Waals surface area contributed by atoms with Crippen LogP contribution in [0.5, 0.6) is 0 Å². The first kappa shape index (κ1) is 16.3. The minimum atomic E-state index is -0.444. The Hall–Kier alpha value is -0.730. The maximum absolute atomic E-state index is 11.8. The highest BCUT2D eigenvalue weighted by molar-refractivity contribution is 5.68. The predicted molar refractivity (Wildman–Crippen MR) is 72.1 cm³/mol. The molecule has 0 saturated heterocycles. The first-order chi connectivity index (χ1) is 7.37. The normalized spacial score (nSPS) is 16.2. The average Bonchev–Trinajstić information content (AvgIpc) is 1.95. The van der Waals surface area contributed by atoms with Crippen molar-refractivity contribution in [3.05, 3.63) is 0 Å². The fourth-order valence-corrected chi connectivity index (χ4v) is 1.98. The van der Waals surface area contributed by atoms with Gasteiger partial charge < -0.3 is 10.1 Å². The second-order valence-electron chi connectivity index (χ2n) is 7.28. The summed E-state index contributed by atoms with van der Waals surface area (Å²) >= 11 is 0. The third kappa shape index (κ3) is 8.06. The largest absolute Gasteiger partial charge is 0.444 e. The fraction of sp³-hybridized carbons (Fsp3) is 0.929. The second kappa shape index (κ2) is 5.28. The lowest BCUT2D eigenvalue weighted by molar-refractivity contribution is 0.0434. The van der Waals surface area contributed by atoms with Crippen molar-refractivity contribution in [2.75, 3.05) is 0 Å². The molecule has 0 rings (SSSR count). The molecule has 1 unspecified atom stereocenters. The highest BCUT2D eigenvalue weighted by Crippen LogP contribution is 2.29. The van der Waals surface area contributed by atoms with Crippen LogP contribution in [-0.4, -0.2) is 17.2 Å². The molecule has 0 saturated carbocycles. The number of amides is 1. The number of nitrogens with one attached hydrogen (secondary N) is 1. The van der Waals surface area contributed by atoms with Crippen LogP contribution in [0.2, 0.25) is 0 Å². The quantitative estimate of drug-likeness (QED) is 0.810. The monoisotopic (exact) mass is 243 g/mol. The maximum atomic E-state index is 11.8. The molecule has 0 radical (unpaired) electrons. The highest BCUT2D eigenvalue weighted by atomic mass is 16.6. The first-order valence-electron chi connectivity index (χ1n) is 6.38. The number of carbonyl (C=O) groups is 1. The Kier molecular flexibility index (Phi) is 5.05. The first-order valence-corrected chi connectivity index (χ1v) is 6.38. The van der Waals surface area contributed by atoms with E-state index >= 15 is 0 Å². The molecule has 3 nitrogen and oxygen atoms in total.